The van der Waals surface area contributed by atoms with E-state index in [4.69, 9.17) is 5.11 Å². The lowest BCUT2D eigenvalue weighted by Crippen LogP contribution is -2.26. The molecule has 1 aromatic carbocycles. The van der Waals surface area contributed by atoms with Crippen molar-refractivity contribution in [1.29, 1.82) is 0 Å². The van der Waals surface area contributed by atoms with Crippen molar-refractivity contribution in [2.75, 3.05) is 18.9 Å². The number of carboxylic acid groups (broad SMARTS) is 1. The third-order valence-corrected chi connectivity index (χ3v) is 4.35. The minimum Gasteiger partial charge on any atom is -0.477 e. The normalized spacial score (nSPS) is 20.2. The second-order valence-electron chi connectivity index (χ2n) is 5.92. The summed E-state index contributed by atoms with van der Waals surface area (Å²) in [6.07, 6.45) is 0.460. The van der Waals surface area contributed by atoms with Gasteiger partial charge < -0.3 is 15.3 Å². The largest absolute Gasteiger partial charge is 0.477 e. The number of rotatable bonds is 5. The fraction of sp³-hybridized carbons (Fsp3) is 0.278. The molecular weight excluding hydrogens is 306 g/mol. The zero-order valence-corrected chi connectivity index (χ0v) is 13.3. The van der Waals surface area contributed by atoms with Gasteiger partial charge in [0.05, 0.1) is 6.04 Å². The molecule has 3 rings (SSSR count). The minimum absolute atomic E-state index is 0.000717. The van der Waals surface area contributed by atoms with Crippen LogP contribution in [-0.4, -0.2) is 40.5 Å². The monoisotopic (exact) mass is 325 g/mol. The minimum atomic E-state index is -1.06. The second kappa shape index (κ2) is 6.70. The van der Waals surface area contributed by atoms with Gasteiger partial charge in [-0.3, -0.25) is 4.79 Å². The molecule has 0 radical (unpaired) electrons. The molecular formula is C18H19N3O3. The summed E-state index contributed by atoms with van der Waals surface area (Å²) in [7, 11) is 1.82. The van der Waals surface area contributed by atoms with Crippen LogP contribution in [0.25, 0.3) is 0 Å². The molecule has 0 spiro atoms. The number of nitrogens with zero attached hydrogens (tertiary/aromatic N) is 2. The number of amides is 1. The highest BCUT2D eigenvalue weighted by Gasteiger charge is 2.38. The van der Waals surface area contributed by atoms with Crippen LogP contribution in [-0.2, 0) is 4.79 Å². The summed E-state index contributed by atoms with van der Waals surface area (Å²) in [6, 6.07) is 14.8. The summed E-state index contributed by atoms with van der Waals surface area (Å²) < 4.78 is 0. The number of aromatic carboxylic acids is 1. The summed E-state index contributed by atoms with van der Waals surface area (Å²) >= 11 is 0. The molecule has 0 unspecified atom stereocenters. The molecule has 2 heterocycles. The van der Waals surface area contributed by atoms with Gasteiger partial charge in [0.25, 0.3) is 0 Å². The first-order chi connectivity index (χ1) is 11.6. The van der Waals surface area contributed by atoms with Crippen molar-refractivity contribution in [2.45, 2.75) is 12.5 Å². The number of nitrogens with one attached hydrogen (secondary N) is 1. The number of carbonyl (C=O) groups is 2. The van der Waals surface area contributed by atoms with E-state index in [1.54, 1.807) is 17.0 Å². The van der Waals surface area contributed by atoms with E-state index in [0.717, 1.165) is 5.56 Å². The van der Waals surface area contributed by atoms with E-state index < -0.39 is 5.97 Å². The van der Waals surface area contributed by atoms with E-state index in [2.05, 4.69) is 10.3 Å². The molecule has 1 aliphatic heterocycles. The Morgan fingerprint density at radius 3 is 2.71 bits per heavy atom. The smallest absolute Gasteiger partial charge is 0.354 e. The average molecular weight is 325 g/mol. The molecule has 0 aliphatic carbocycles. The molecule has 6 nitrogen and oxygen atoms in total. The fourth-order valence-corrected chi connectivity index (χ4v) is 3.17. The van der Waals surface area contributed by atoms with Gasteiger partial charge in [-0.15, -0.1) is 0 Å². The third-order valence-electron chi connectivity index (χ3n) is 4.35. The maximum atomic E-state index is 12.1. The zero-order valence-electron chi connectivity index (χ0n) is 13.3. The molecule has 2 atom stereocenters. The Kier molecular flexibility index (Phi) is 4.46. The Morgan fingerprint density at radius 1 is 1.25 bits per heavy atom. The first-order valence-corrected chi connectivity index (χ1v) is 7.81. The van der Waals surface area contributed by atoms with Gasteiger partial charge >= 0.3 is 5.97 Å². The number of carboxylic acids is 1. The third kappa shape index (κ3) is 3.22. The fourth-order valence-electron chi connectivity index (χ4n) is 3.17. The van der Waals surface area contributed by atoms with Gasteiger partial charge in [-0.25, -0.2) is 9.78 Å². The van der Waals surface area contributed by atoms with E-state index in [-0.39, 0.29) is 23.6 Å². The summed E-state index contributed by atoms with van der Waals surface area (Å²) in [4.78, 5) is 29.0. The predicted octanol–water partition coefficient (Wildman–Crippen LogP) is 2.41. The van der Waals surface area contributed by atoms with Gasteiger partial charge in [0.2, 0.25) is 5.91 Å². The number of pyridine rings is 1. The van der Waals surface area contributed by atoms with Gasteiger partial charge in [-0.1, -0.05) is 36.4 Å². The number of likely N-dealkylation sites (tertiary alicyclic amines) is 1. The van der Waals surface area contributed by atoms with E-state index in [1.165, 1.54) is 6.07 Å². The Hall–Kier alpha value is -2.89. The molecule has 0 saturated carbocycles. The molecule has 1 aromatic heterocycles. The molecule has 2 aromatic rings. The summed E-state index contributed by atoms with van der Waals surface area (Å²) in [5.74, 6) is -0.344. The van der Waals surface area contributed by atoms with Crippen LogP contribution in [0.5, 0.6) is 0 Å². The molecule has 24 heavy (non-hydrogen) atoms. The molecule has 1 aliphatic rings. The van der Waals surface area contributed by atoms with Crippen LogP contribution in [0.2, 0.25) is 0 Å². The summed E-state index contributed by atoms with van der Waals surface area (Å²) in [5, 5.41) is 12.2. The molecule has 2 N–H and O–H groups in total. The van der Waals surface area contributed by atoms with Crippen molar-refractivity contribution in [3.63, 3.8) is 0 Å². The average Bonchev–Trinajstić information content (AvgIpc) is 2.88. The summed E-state index contributed by atoms with van der Waals surface area (Å²) in [6.45, 7) is 0.547. The number of anilines is 1. The van der Waals surface area contributed by atoms with Crippen molar-refractivity contribution in [2.24, 2.45) is 5.92 Å². The zero-order chi connectivity index (χ0) is 17.1. The standard InChI is InChI=1S/C18H19N3O3/c1-21-16(22)10-13(17(21)12-6-3-2-4-7-12)11-19-15-9-5-8-14(20-15)18(23)24/h2-9,13,17H,10-11H2,1H3,(H,19,20)(H,23,24)/t13-,17-/m0/s1. The quantitative estimate of drug-likeness (QED) is 0.882. The van der Waals surface area contributed by atoms with E-state index in [9.17, 15) is 9.59 Å². The maximum Gasteiger partial charge on any atom is 0.354 e. The lowest BCUT2D eigenvalue weighted by molar-refractivity contribution is -0.127. The summed E-state index contributed by atoms with van der Waals surface area (Å²) in [5.41, 5.74) is 1.10. The van der Waals surface area contributed by atoms with Gasteiger partial charge in [0.15, 0.2) is 5.69 Å². The first kappa shape index (κ1) is 16.0. The van der Waals surface area contributed by atoms with Crippen molar-refractivity contribution in [3.8, 4) is 0 Å². The van der Waals surface area contributed by atoms with Crippen molar-refractivity contribution < 1.29 is 14.7 Å². The number of hydrogen-bond donors (Lipinski definition) is 2. The van der Waals surface area contributed by atoms with Crippen molar-refractivity contribution in [1.82, 2.24) is 9.88 Å². The highest BCUT2D eigenvalue weighted by Crippen LogP contribution is 2.36. The van der Waals surface area contributed by atoms with Crippen LogP contribution in [0.1, 0.15) is 28.5 Å². The van der Waals surface area contributed by atoms with Gasteiger partial charge in [-0.05, 0) is 17.7 Å². The lowest BCUT2D eigenvalue weighted by Gasteiger charge is -2.25. The van der Waals surface area contributed by atoms with E-state index in [1.807, 2.05) is 37.4 Å². The maximum absolute atomic E-state index is 12.1. The Morgan fingerprint density at radius 2 is 2.00 bits per heavy atom. The van der Waals surface area contributed by atoms with E-state index >= 15 is 0 Å². The molecule has 1 saturated heterocycles. The van der Waals surface area contributed by atoms with Crippen LogP contribution in [0.4, 0.5) is 5.82 Å². The lowest BCUT2D eigenvalue weighted by atomic mass is 9.93. The van der Waals surface area contributed by atoms with Crippen molar-refractivity contribution >= 4 is 17.7 Å². The van der Waals surface area contributed by atoms with Crippen LogP contribution in [0, 0.1) is 5.92 Å². The second-order valence-corrected chi connectivity index (χ2v) is 5.92. The highest BCUT2D eigenvalue weighted by atomic mass is 16.4. The highest BCUT2D eigenvalue weighted by molar-refractivity contribution is 5.85. The molecule has 1 fully saturated rings. The molecule has 124 valence electrons. The predicted molar refractivity (Wildman–Crippen MR) is 89.7 cm³/mol. The molecule has 0 bridgehead atoms. The SMILES string of the molecule is CN1C(=O)C[C@@H](CNc2cccc(C(=O)O)n2)[C@@H]1c1ccccc1. The van der Waals surface area contributed by atoms with Gasteiger partial charge in [0.1, 0.15) is 5.82 Å². The van der Waals surface area contributed by atoms with Crippen molar-refractivity contribution in [3.05, 3.63) is 59.8 Å². The molecule has 6 heteroatoms. The van der Waals surface area contributed by atoms with E-state index in [0.29, 0.717) is 18.8 Å². The van der Waals surface area contributed by atoms with Crippen LogP contribution in [0.3, 0.4) is 0 Å². The molecule has 1 amide bonds. The number of benzene rings is 1. The van der Waals surface area contributed by atoms with Crippen LogP contribution < -0.4 is 5.32 Å². The van der Waals surface area contributed by atoms with Gasteiger partial charge in [-0.2, -0.15) is 0 Å². The Labute approximate surface area is 140 Å². The topological polar surface area (TPSA) is 82.5 Å². The number of hydrogen-bond acceptors (Lipinski definition) is 4. The number of carbonyl (C=O) groups excluding carboxylic acids is 1. The Bertz CT molecular complexity index is 748. The van der Waals surface area contributed by atoms with Crippen LogP contribution in [0.15, 0.2) is 48.5 Å². The Balaban J connectivity index is 1.75. The van der Waals surface area contributed by atoms with Crippen LogP contribution >= 0.6 is 0 Å². The number of aromatic nitrogens is 1. The first-order valence-electron chi connectivity index (χ1n) is 7.81. The van der Waals surface area contributed by atoms with Gasteiger partial charge in [0, 0.05) is 25.9 Å².